The molecule has 1 aliphatic heterocycles. The lowest BCUT2D eigenvalue weighted by Crippen LogP contribution is -2.55. The van der Waals surface area contributed by atoms with Gasteiger partial charge in [0.15, 0.2) is 0 Å². The van der Waals surface area contributed by atoms with Crippen LogP contribution in [0.5, 0.6) is 0 Å². The van der Waals surface area contributed by atoms with E-state index in [9.17, 15) is 29.2 Å². The summed E-state index contributed by atoms with van der Waals surface area (Å²) in [5.74, 6) is -3.57. The van der Waals surface area contributed by atoms with Crippen molar-refractivity contribution in [3.63, 3.8) is 0 Å². The monoisotopic (exact) mass is 555 g/mol. The van der Waals surface area contributed by atoms with E-state index in [4.69, 9.17) is 11.6 Å². The van der Waals surface area contributed by atoms with Gasteiger partial charge >= 0.3 is 0 Å². The quantitative estimate of drug-likeness (QED) is 0.241. The molecule has 1 saturated heterocycles. The molecule has 1 aromatic rings. The SMILES string of the molecule is CC(C)(C)C[C@H](NC(=O)/C=C/c1ccc(Cl)cc1C#N)C(=O)NC(C[C@@H]1CCNC1=O)C(=O)C(=O)NC1CC1. The van der Waals surface area contributed by atoms with Gasteiger partial charge in [0.25, 0.3) is 5.91 Å². The number of halogens is 1. The molecule has 10 nitrogen and oxygen atoms in total. The van der Waals surface area contributed by atoms with Crippen LogP contribution >= 0.6 is 11.6 Å². The summed E-state index contributed by atoms with van der Waals surface area (Å²) in [5.41, 5.74) is 0.394. The van der Waals surface area contributed by atoms with Crippen molar-refractivity contribution in [1.82, 2.24) is 21.3 Å². The standard InChI is InChI=1S/C28H34ClN5O5/c1-28(2,3)14-22(33-23(35)9-5-16-4-6-19(29)12-18(16)15-30)26(38)34-21(13-17-10-11-31-25(17)37)24(36)27(39)32-20-7-8-20/h4-6,9,12,17,20-22H,7-8,10-11,13-14H2,1-3H3,(H,31,37)(H,32,39)(H,33,35)(H,34,38)/b9-5+/t17-,21?,22-/m0/s1. The Kier molecular flexibility index (Phi) is 9.86. The number of benzene rings is 1. The summed E-state index contributed by atoms with van der Waals surface area (Å²) in [6.07, 6.45) is 4.95. The molecule has 208 valence electrons. The third-order valence-electron chi connectivity index (χ3n) is 6.45. The summed E-state index contributed by atoms with van der Waals surface area (Å²) in [6, 6.07) is 4.41. The number of nitrogens with zero attached hydrogens (tertiary/aromatic N) is 1. The van der Waals surface area contributed by atoms with E-state index in [2.05, 4.69) is 21.3 Å². The topological polar surface area (TPSA) is 157 Å². The molecule has 0 aromatic heterocycles. The number of nitrogens with one attached hydrogen (secondary N) is 4. The molecule has 1 aliphatic carbocycles. The Morgan fingerprint density at radius 2 is 1.87 bits per heavy atom. The Hall–Kier alpha value is -3.71. The maximum absolute atomic E-state index is 13.4. The zero-order valence-corrected chi connectivity index (χ0v) is 23.1. The third-order valence-corrected chi connectivity index (χ3v) is 6.69. The second-order valence-corrected chi connectivity index (χ2v) is 11.6. The first kappa shape index (κ1) is 29.8. The van der Waals surface area contributed by atoms with Gasteiger partial charge in [0.05, 0.1) is 17.7 Å². The Morgan fingerprint density at radius 1 is 1.15 bits per heavy atom. The number of nitriles is 1. The zero-order chi connectivity index (χ0) is 28.7. The molecule has 3 rings (SSSR count). The first-order chi connectivity index (χ1) is 18.4. The van der Waals surface area contributed by atoms with Crippen molar-refractivity contribution in [1.29, 1.82) is 5.26 Å². The van der Waals surface area contributed by atoms with Crippen LogP contribution in [0.2, 0.25) is 5.02 Å². The van der Waals surface area contributed by atoms with E-state index >= 15 is 0 Å². The molecule has 39 heavy (non-hydrogen) atoms. The third kappa shape index (κ3) is 9.21. The van der Waals surface area contributed by atoms with Gasteiger partial charge in [-0.2, -0.15) is 5.26 Å². The lowest BCUT2D eigenvalue weighted by molar-refractivity contribution is -0.141. The number of hydrogen-bond donors (Lipinski definition) is 4. The highest BCUT2D eigenvalue weighted by Gasteiger charge is 2.37. The summed E-state index contributed by atoms with van der Waals surface area (Å²) in [7, 11) is 0. The van der Waals surface area contributed by atoms with E-state index in [-0.39, 0.29) is 35.8 Å². The first-order valence-electron chi connectivity index (χ1n) is 13.0. The van der Waals surface area contributed by atoms with Gasteiger partial charge in [-0.3, -0.25) is 24.0 Å². The number of hydrogen-bond acceptors (Lipinski definition) is 6. The zero-order valence-electron chi connectivity index (χ0n) is 22.3. The van der Waals surface area contributed by atoms with Crippen LogP contribution in [-0.4, -0.2) is 54.1 Å². The van der Waals surface area contributed by atoms with E-state index in [0.29, 0.717) is 23.6 Å². The maximum Gasteiger partial charge on any atom is 0.289 e. The van der Waals surface area contributed by atoms with E-state index in [1.165, 1.54) is 18.2 Å². The van der Waals surface area contributed by atoms with Crippen LogP contribution in [0.3, 0.4) is 0 Å². The average Bonchev–Trinajstić information content (AvgIpc) is 3.59. The summed E-state index contributed by atoms with van der Waals surface area (Å²) in [4.78, 5) is 63.9. The second kappa shape index (κ2) is 12.9. The van der Waals surface area contributed by atoms with E-state index < -0.39 is 41.5 Å². The molecule has 4 amide bonds. The van der Waals surface area contributed by atoms with Crippen LogP contribution in [0.25, 0.3) is 6.08 Å². The van der Waals surface area contributed by atoms with E-state index in [1.807, 2.05) is 26.8 Å². The number of carbonyl (C=O) groups excluding carboxylic acids is 5. The highest BCUT2D eigenvalue weighted by molar-refractivity contribution is 6.38. The number of Topliss-reactive ketones (excluding diaryl/α,β-unsaturated/α-hetero) is 1. The molecule has 1 saturated carbocycles. The molecule has 1 aromatic carbocycles. The maximum atomic E-state index is 13.4. The van der Waals surface area contributed by atoms with Crippen LogP contribution in [0.1, 0.15) is 64.0 Å². The molecule has 11 heteroatoms. The van der Waals surface area contributed by atoms with Gasteiger partial charge in [0.1, 0.15) is 6.04 Å². The lowest BCUT2D eigenvalue weighted by Gasteiger charge is -2.28. The Labute approximate surface area is 232 Å². The van der Waals surface area contributed by atoms with Crippen LogP contribution in [0.4, 0.5) is 0 Å². The van der Waals surface area contributed by atoms with Crippen molar-refractivity contribution in [3.05, 3.63) is 40.4 Å². The van der Waals surface area contributed by atoms with Gasteiger partial charge < -0.3 is 21.3 Å². The minimum atomic E-state index is -1.22. The fraction of sp³-hybridized carbons (Fsp3) is 0.500. The van der Waals surface area contributed by atoms with Gasteiger partial charge in [0.2, 0.25) is 23.5 Å². The Bertz CT molecular complexity index is 1210. The fourth-order valence-corrected chi connectivity index (χ4v) is 4.45. The summed E-state index contributed by atoms with van der Waals surface area (Å²) in [6.45, 7) is 6.16. The summed E-state index contributed by atoms with van der Waals surface area (Å²) >= 11 is 5.93. The molecule has 2 fully saturated rings. The van der Waals surface area contributed by atoms with E-state index in [1.54, 1.807) is 12.1 Å². The molecule has 0 spiro atoms. The van der Waals surface area contributed by atoms with Crippen molar-refractivity contribution in [2.75, 3.05) is 6.54 Å². The Balaban J connectivity index is 1.75. The van der Waals surface area contributed by atoms with E-state index in [0.717, 1.165) is 12.8 Å². The summed E-state index contributed by atoms with van der Waals surface area (Å²) < 4.78 is 0. The lowest BCUT2D eigenvalue weighted by atomic mass is 9.87. The predicted octanol–water partition coefficient (Wildman–Crippen LogP) is 2.00. The highest BCUT2D eigenvalue weighted by atomic mass is 35.5. The number of carbonyl (C=O) groups is 5. The molecule has 1 unspecified atom stereocenters. The van der Waals surface area contributed by atoms with Crippen molar-refractivity contribution < 1.29 is 24.0 Å². The largest absolute Gasteiger partial charge is 0.356 e. The number of amides is 4. The van der Waals surface area contributed by atoms with Crippen LogP contribution in [0.15, 0.2) is 24.3 Å². The van der Waals surface area contributed by atoms with Gasteiger partial charge in [-0.25, -0.2) is 0 Å². The molecule has 4 N–H and O–H groups in total. The Morgan fingerprint density at radius 3 is 2.46 bits per heavy atom. The van der Waals surface area contributed by atoms with Gasteiger partial charge in [0, 0.05) is 29.6 Å². The van der Waals surface area contributed by atoms with Gasteiger partial charge in [-0.15, -0.1) is 0 Å². The number of rotatable bonds is 11. The van der Waals surface area contributed by atoms with Crippen molar-refractivity contribution in [2.24, 2.45) is 11.3 Å². The second-order valence-electron chi connectivity index (χ2n) is 11.2. The smallest absolute Gasteiger partial charge is 0.289 e. The molecule has 2 aliphatic rings. The predicted molar refractivity (Wildman–Crippen MR) is 145 cm³/mol. The van der Waals surface area contributed by atoms with Crippen molar-refractivity contribution in [3.8, 4) is 6.07 Å². The molecule has 1 heterocycles. The van der Waals surface area contributed by atoms with Gasteiger partial charge in [-0.05, 0) is 61.3 Å². The minimum absolute atomic E-state index is 0.0158. The normalized spacial score (nSPS) is 18.5. The summed E-state index contributed by atoms with van der Waals surface area (Å²) in [5, 5.41) is 20.4. The first-order valence-corrected chi connectivity index (χ1v) is 13.3. The molecule has 0 bridgehead atoms. The molecular weight excluding hydrogens is 522 g/mol. The van der Waals surface area contributed by atoms with Crippen LogP contribution < -0.4 is 21.3 Å². The minimum Gasteiger partial charge on any atom is -0.356 e. The van der Waals surface area contributed by atoms with Crippen molar-refractivity contribution in [2.45, 2.75) is 71.0 Å². The fourth-order valence-electron chi connectivity index (χ4n) is 4.28. The molecule has 3 atom stereocenters. The van der Waals surface area contributed by atoms with Crippen molar-refractivity contribution >= 4 is 47.1 Å². The van der Waals surface area contributed by atoms with Gasteiger partial charge in [-0.1, -0.05) is 38.4 Å². The molecule has 0 radical (unpaired) electrons. The average molecular weight is 556 g/mol. The van der Waals surface area contributed by atoms with Crippen LogP contribution in [-0.2, 0) is 24.0 Å². The molecular formula is C28H34ClN5O5. The van der Waals surface area contributed by atoms with Crippen LogP contribution in [0, 0.1) is 22.7 Å². The highest BCUT2D eigenvalue weighted by Crippen LogP contribution is 2.23. The number of ketones is 1.